The summed E-state index contributed by atoms with van der Waals surface area (Å²) in [6.07, 6.45) is 9.57. The third-order valence-corrected chi connectivity index (χ3v) is 2.09. The molecule has 2 heterocycles. The molecule has 2 rings (SSSR count). The predicted octanol–water partition coefficient (Wildman–Crippen LogP) is 1.80. The Hall–Kier alpha value is -1.00. The molecule has 10 heavy (non-hydrogen) atoms. The van der Waals surface area contributed by atoms with Crippen molar-refractivity contribution < 1.29 is 4.48 Å². The smallest absolute Gasteiger partial charge is 0.183 e. The van der Waals surface area contributed by atoms with Gasteiger partial charge < -0.3 is 0 Å². The Kier molecular flexibility index (Phi) is 0.781. The number of allylic oxidation sites excluding steroid dienone is 2. The molecule has 50 valence electrons. The summed E-state index contributed by atoms with van der Waals surface area (Å²) in [5.74, 6) is 3.31. The zero-order valence-corrected chi connectivity index (χ0v) is 6.26. The van der Waals surface area contributed by atoms with Crippen molar-refractivity contribution in [3.63, 3.8) is 0 Å². The van der Waals surface area contributed by atoms with Crippen molar-refractivity contribution in [2.75, 3.05) is 0 Å². The van der Waals surface area contributed by atoms with E-state index in [1.165, 1.54) is 5.70 Å². The molecule has 0 aromatic rings. The van der Waals surface area contributed by atoms with E-state index in [0.717, 1.165) is 10.2 Å². The highest BCUT2D eigenvalue weighted by molar-refractivity contribution is 5.42. The van der Waals surface area contributed by atoms with E-state index in [-0.39, 0.29) is 0 Å². The fourth-order valence-corrected chi connectivity index (χ4v) is 1.55. The number of hydrogen-bond acceptors (Lipinski definition) is 0. The van der Waals surface area contributed by atoms with E-state index in [1.54, 1.807) is 0 Å². The van der Waals surface area contributed by atoms with Crippen molar-refractivity contribution in [2.45, 2.75) is 13.8 Å². The number of hydrogen-bond donors (Lipinski definition) is 0. The average molecular weight is 132 g/mol. The van der Waals surface area contributed by atoms with Gasteiger partial charge in [-0.15, -0.1) is 6.42 Å². The van der Waals surface area contributed by atoms with Crippen molar-refractivity contribution in [3.8, 4) is 12.3 Å². The summed E-state index contributed by atoms with van der Waals surface area (Å²) in [7, 11) is 0. The molecule has 1 spiro atoms. The van der Waals surface area contributed by atoms with E-state index in [1.807, 2.05) is 0 Å². The maximum atomic E-state index is 5.31. The summed E-state index contributed by atoms with van der Waals surface area (Å²) >= 11 is 0. The molecular formula is C9H10N+. The third kappa shape index (κ3) is 0.438. The van der Waals surface area contributed by atoms with Crippen LogP contribution in [0.4, 0.5) is 0 Å². The van der Waals surface area contributed by atoms with Crippen molar-refractivity contribution in [1.82, 2.24) is 0 Å². The van der Waals surface area contributed by atoms with Gasteiger partial charge in [-0.3, -0.25) is 0 Å². The van der Waals surface area contributed by atoms with Crippen molar-refractivity contribution in [1.29, 1.82) is 0 Å². The van der Waals surface area contributed by atoms with Gasteiger partial charge in [-0.05, 0) is 5.92 Å². The topological polar surface area (TPSA) is 0 Å². The van der Waals surface area contributed by atoms with E-state index < -0.39 is 0 Å². The van der Waals surface area contributed by atoms with Crippen LogP contribution < -0.4 is 0 Å². The molecule has 0 aromatic carbocycles. The number of terminal acetylenes is 1. The molecule has 1 heteroatoms. The van der Waals surface area contributed by atoms with Crippen LogP contribution in [-0.4, -0.2) is 4.48 Å². The molecule has 0 N–H and O–H groups in total. The summed E-state index contributed by atoms with van der Waals surface area (Å²) < 4.78 is 0.855. The van der Waals surface area contributed by atoms with Gasteiger partial charge in [0.05, 0.1) is 0 Å². The average Bonchev–Trinajstić information content (AvgIpc) is 2.72. The SMILES string of the molecule is C#CC1=C(C(C)C)[N+]12C=C2. The zero-order chi connectivity index (χ0) is 7.35. The van der Waals surface area contributed by atoms with Crippen molar-refractivity contribution >= 4 is 0 Å². The summed E-state index contributed by atoms with van der Waals surface area (Å²) in [5.41, 5.74) is 2.57. The quantitative estimate of drug-likeness (QED) is 0.377. The van der Waals surface area contributed by atoms with E-state index in [4.69, 9.17) is 6.42 Å². The Morgan fingerprint density at radius 2 is 2.10 bits per heavy atom. The first-order chi connectivity index (χ1) is 4.72. The van der Waals surface area contributed by atoms with Gasteiger partial charge in [0.1, 0.15) is 0 Å². The minimum Gasteiger partial charge on any atom is -0.183 e. The van der Waals surface area contributed by atoms with Crippen LogP contribution in [0.25, 0.3) is 0 Å². The van der Waals surface area contributed by atoms with Crippen LogP contribution in [0, 0.1) is 18.3 Å². The Balaban J connectivity index is 2.24. The van der Waals surface area contributed by atoms with Gasteiger partial charge in [-0.1, -0.05) is 13.8 Å². The van der Waals surface area contributed by atoms with Gasteiger partial charge in [0, 0.05) is 5.92 Å². The Labute approximate surface area is 61.2 Å². The lowest BCUT2D eigenvalue weighted by atomic mass is 10.2. The fraction of sp³-hybridized carbons (Fsp3) is 0.333. The summed E-state index contributed by atoms with van der Waals surface area (Å²) in [6, 6.07) is 0. The van der Waals surface area contributed by atoms with Crippen LogP contribution in [-0.2, 0) is 0 Å². The zero-order valence-electron chi connectivity index (χ0n) is 6.26. The lowest BCUT2D eigenvalue weighted by molar-refractivity contribution is -0.599. The molecular weight excluding hydrogens is 122 g/mol. The number of quaternary nitrogens is 1. The van der Waals surface area contributed by atoms with Gasteiger partial charge in [-0.25, -0.2) is 0 Å². The molecule has 0 aliphatic carbocycles. The van der Waals surface area contributed by atoms with E-state index in [9.17, 15) is 0 Å². The maximum Gasteiger partial charge on any atom is 0.257 e. The molecule has 0 amide bonds. The second-order valence-corrected chi connectivity index (χ2v) is 3.11. The molecule has 0 atom stereocenters. The van der Waals surface area contributed by atoms with E-state index in [0.29, 0.717) is 5.92 Å². The second kappa shape index (κ2) is 1.36. The molecule has 0 unspecified atom stereocenters. The summed E-state index contributed by atoms with van der Waals surface area (Å²) in [5, 5.41) is 0. The Morgan fingerprint density at radius 3 is 2.20 bits per heavy atom. The van der Waals surface area contributed by atoms with Crippen LogP contribution in [0.3, 0.4) is 0 Å². The fourth-order valence-electron chi connectivity index (χ4n) is 1.55. The molecule has 0 radical (unpaired) electrons. The molecule has 0 fully saturated rings. The van der Waals surface area contributed by atoms with Crippen LogP contribution in [0.5, 0.6) is 0 Å². The Morgan fingerprint density at radius 1 is 1.50 bits per heavy atom. The van der Waals surface area contributed by atoms with Gasteiger partial charge in [0.15, 0.2) is 18.1 Å². The third-order valence-electron chi connectivity index (χ3n) is 2.09. The number of rotatable bonds is 1. The standard InChI is InChI=1S/C9H10N/c1-4-8-9(7(2)3)10(8)5-6-10/h1,5-7H,2-3H3/q+1. The first kappa shape index (κ1) is 5.76. The van der Waals surface area contributed by atoms with Gasteiger partial charge in [0.2, 0.25) is 0 Å². The molecule has 0 saturated heterocycles. The highest BCUT2D eigenvalue weighted by atomic mass is 15.5. The summed E-state index contributed by atoms with van der Waals surface area (Å²) in [4.78, 5) is 0. The minimum atomic E-state index is 0.598. The van der Waals surface area contributed by atoms with Crippen molar-refractivity contribution in [3.05, 3.63) is 23.8 Å². The van der Waals surface area contributed by atoms with Crippen LogP contribution >= 0.6 is 0 Å². The monoisotopic (exact) mass is 132 g/mol. The molecule has 2 aliphatic heterocycles. The largest absolute Gasteiger partial charge is 0.257 e. The maximum absolute atomic E-state index is 5.31. The van der Waals surface area contributed by atoms with Gasteiger partial charge in [0.25, 0.3) is 5.70 Å². The minimum absolute atomic E-state index is 0.598. The molecule has 0 aromatic heterocycles. The molecule has 1 nitrogen and oxygen atoms in total. The normalized spacial score (nSPS) is 23.8. The lowest BCUT2D eigenvalue weighted by Gasteiger charge is -1.94. The number of nitrogens with zero attached hydrogens (tertiary/aromatic N) is 1. The van der Waals surface area contributed by atoms with Crippen molar-refractivity contribution in [2.24, 2.45) is 5.92 Å². The highest BCUT2D eigenvalue weighted by Crippen LogP contribution is 2.55. The second-order valence-electron chi connectivity index (χ2n) is 3.11. The van der Waals surface area contributed by atoms with E-state index >= 15 is 0 Å². The molecule has 2 aliphatic rings. The first-order valence-corrected chi connectivity index (χ1v) is 3.53. The first-order valence-electron chi connectivity index (χ1n) is 3.53. The lowest BCUT2D eigenvalue weighted by Crippen LogP contribution is -2.00. The summed E-state index contributed by atoms with van der Waals surface area (Å²) in [6.45, 7) is 4.36. The Bertz CT molecular complexity index is 280. The molecule has 0 saturated carbocycles. The van der Waals surface area contributed by atoms with Gasteiger partial charge in [-0.2, -0.15) is 4.48 Å². The van der Waals surface area contributed by atoms with Crippen LogP contribution in [0.15, 0.2) is 23.8 Å². The predicted molar refractivity (Wildman–Crippen MR) is 40.1 cm³/mol. The van der Waals surface area contributed by atoms with Crippen LogP contribution in [0.1, 0.15) is 13.8 Å². The van der Waals surface area contributed by atoms with E-state index in [2.05, 4.69) is 32.2 Å². The van der Waals surface area contributed by atoms with Gasteiger partial charge >= 0.3 is 0 Å². The molecule has 0 bridgehead atoms. The van der Waals surface area contributed by atoms with Crippen LogP contribution in [0.2, 0.25) is 0 Å². The highest BCUT2D eigenvalue weighted by Gasteiger charge is 2.62.